The van der Waals surface area contributed by atoms with E-state index in [-0.39, 0.29) is 0 Å². The lowest BCUT2D eigenvalue weighted by molar-refractivity contribution is 0.487. The predicted octanol–water partition coefficient (Wildman–Crippen LogP) is 1.82. The highest BCUT2D eigenvalue weighted by atomic mass is 15.3. The third kappa shape index (κ3) is 3.42. The zero-order chi connectivity index (χ0) is 14.7. The third-order valence-corrected chi connectivity index (χ3v) is 3.79. The highest BCUT2D eigenvalue weighted by Gasteiger charge is 2.27. The number of nitrogens with two attached hydrogens (primary N) is 1. The summed E-state index contributed by atoms with van der Waals surface area (Å²) < 4.78 is 1.89. The summed E-state index contributed by atoms with van der Waals surface area (Å²) in [7, 11) is 2.02. The summed E-state index contributed by atoms with van der Waals surface area (Å²) in [5.74, 6) is 0.646. The average Bonchev–Trinajstić information content (AvgIpc) is 3.26. The second-order valence-electron chi connectivity index (χ2n) is 5.46. The van der Waals surface area contributed by atoms with Crippen LogP contribution in [0.25, 0.3) is 5.69 Å². The second kappa shape index (κ2) is 5.99. The van der Waals surface area contributed by atoms with Crippen LogP contribution in [0.2, 0.25) is 0 Å². The molecule has 1 aromatic heterocycles. The molecule has 1 fully saturated rings. The van der Waals surface area contributed by atoms with Crippen molar-refractivity contribution in [1.29, 1.82) is 0 Å². The van der Waals surface area contributed by atoms with Crippen molar-refractivity contribution in [1.82, 2.24) is 14.7 Å². The van der Waals surface area contributed by atoms with Crippen LogP contribution in [-0.4, -0.2) is 40.3 Å². The largest absolute Gasteiger partial charge is 0.370 e. The van der Waals surface area contributed by atoms with Crippen LogP contribution in [0.5, 0.6) is 0 Å². The van der Waals surface area contributed by atoms with Gasteiger partial charge in [0.05, 0.1) is 11.9 Å². The molecule has 1 aromatic carbocycles. The van der Waals surface area contributed by atoms with Gasteiger partial charge in [0.25, 0.3) is 0 Å². The minimum atomic E-state index is 0.606. The van der Waals surface area contributed by atoms with Crippen LogP contribution in [0.3, 0.4) is 0 Å². The van der Waals surface area contributed by atoms with Crippen LogP contribution in [-0.2, 0) is 6.42 Å². The fourth-order valence-electron chi connectivity index (χ4n) is 2.27. The number of para-hydroxylation sites is 1. The van der Waals surface area contributed by atoms with Gasteiger partial charge in [0.15, 0.2) is 5.96 Å². The lowest BCUT2D eigenvalue weighted by Crippen LogP contribution is -2.35. The molecule has 1 aliphatic carbocycles. The zero-order valence-electron chi connectivity index (χ0n) is 12.3. The van der Waals surface area contributed by atoms with Crippen molar-refractivity contribution in [3.8, 4) is 5.69 Å². The number of hydrogen-bond donors (Lipinski definition) is 1. The van der Waals surface area contributed by atoms with Gasteiger partial charge in [-0.15, -0.1) is 0 Å². The van der Waals surface area contributed by atoms with Gasteiger partial charge in [-0.05, 0) is 37.0 Å². The van der Waals surface area contributed by atoms with Gasteiger partial charge in [-0.2, -0.15) is 5.10 Å². The van der Waals surface area contributed by atoms with Gasteiger partial charge in [0.1, 0.15) is 0 Å². The van der Waals surface area contributed by atoms with E-state index >= 15 is 0 Å². The Hall–Kier alpha value is -2.30. The normalized spacial score (nSPS) is 15.2. The van der Waals surface area contributed by atoms with Gasteiger partial charge in [0, 0.05) is 25.8 Å². The number of hydrogen-bond acceptors (Lipinski definition) is 2. The standard InChI is InChI=1S/C16H21N5/c1-20(14-7-8-14)16(17)18-10-9-13-11-19-21(12-13)15-5-3-2-4-6-15/h2-6,11-12,14H,7-10H2,1H3,(H2,17,18). The summed E-state index contributed by atoms with van der Waals surface area (Å²) in [6.45, 7) is 0.698. The molecule has 1 heterocycles. The molecular formula is C16H21N5. The van der Waals surface area contributed by atoms with Crippen molar-refractivity contribution >= 4 is 5.96 Å². The molecule has 3 rings (SSSR count). The van der Waals surface area contributed by atoms with E-state index in [0.717, 1.165) is 12.1 Å². The Bertz CT molecular complexity index is 613. The SMILES string of the molecule is CN(C(N)=NCCc1cnn(-c2ccccc2)c1)C1CC1. The first-order chi connectivity index (χ1) is 10.2. The predicted molar refractivity (Wildman–Crippen MR) is 84.5 cm³/mol. The molecule has 0 radical (unpaired) electrons. The molecule has 5 nitrogen and oxygen atoms in total. The molecule has 0 spiro atoms. The van der Waals surface area contributed by atoms with Gasteiger partial charge in [-0.1, -0.05) is 18.2 Å². The smallest absolute Gasteiger partial charge is 0.191 e. The number of rotatable bonds is 5. The summed E-state index contributed by atoms with van der Waals surface area (Å²) in [6.07, 6.45) is 7.26. The van der Waals surface area contributed by atoms with Crippen LogP contribution in [0.15, 0.2) is 47.7 Å². The number of guanidine groups is 1. The number of nitrogens with zero attached hydrogens (tertiary/aromatic N) is 4. The molecule has 0 saturated heterocycles. The van der Waals surface area contributed by atoms with Crippen molar-refractivity contribution in [2.75, 3.05) is 13.6 Å². The molecule has 0 atom stereocenters. The number of aromatic nitrogens is 2. The van der Waals surface area contributed by atoms with Crippen LogP contribution in [0.1, 0.15) is 18.4 Å². The van der Waals surface area contributed by atoms with E-state index < -0.39 is 0 Å². The van der Waals surface area contributed by atoms with E-state index in [1.807, 2.05) is 54.5 Å². The van der Waals surface area contributed by atoms with Crippen LogP contribution in [0, 0.1) is 0 Å². The van der Waals surface area contributed by atoms with Crippen LogP contribution in [0.4, 0.5) is 0 Å². The molecule has 0 aliphatic heterocycles. The lowest BCUT2D eigenvalue weighted by Gasteiger charge is -2.16. The maximum absolute atomic E-state index is 5.97. The third-order valence-electron chi connectivity index (χ3n) is 3.79. The van der Waals surface area contributed by atoms with E-state index in [2.05, 4.69) is 15.0 Å². The molecule has 0 amide bonds. The minimum absolute atomic E-state index is 0.606. The first kappa shape index (κ1) is 13.7. The number of aliphatic imine (C=N–C) groups is 1. The van der Waals surface area contributed by atoms with E-state index in [1.54, 1.807) is 0 Å². The second-order valence-corrected chi connectivity index (χ2v) is 5.46. The molecular weight excluding hydrogens is 262 g/mol. The molecule has 2 N–H and O–H groups in total. The van der Waals surface area contributed by atoms with Gasteiger partial charge in [0.2, 0.25) is 0 Å². The highest BCUT2D eigenvalue weighted by molar-refractivity contribution is 5.78. The Balaban J connectivity index is 1.56. The number of benzene rings is 1. The maximum Gasteiger partial charge on any atom is 0.191 e. The van der Waals surface area contributed by atoms with E-state index in [1.165, 1.54) is 18.4 Å². The summed E-state index contributed by atoms with van der Waals surface area (Å²) in [4.78, 5) is 6.52. The van der Waals surface area contributed by atoms with E-state index in [0.29, 0.717) is 18.5 Å². The molecule has 5 heteroatoms. The van der Waals surface area contributed by atoms with Crippen molar-refractivity contribution in [2.24, 2.45) is 10.7 Å². The Morgan fingerprint density at radius 1 is 1.38 bits per heavy atom. The summed E-state index contributed by atoms with van der Waals surface area (Å²) in [5, 5.41) is 4.38. The van der Waals surface area contributed by atoms with Crippen LogP contribution < -0.4 is 5.73 Å². The van der Waals surface area contributed by atoms with Crippen LogP contribution >= 0.6 is 0 Å². The fourth-order valence-corrected chi connectivity index (χ4v) is 2.27. The Labute approximate surface area is 125 Å². The van der Waals surface area contributed by atoms with Gasteiger partial charge in [-0.3, -0.25) is 4.99 Å². The summed E-state index contributed by atoms with van der Waals surface area (Å²) in [6, 6.07) is 10.7. The molecule has 0 bridgehead atoms. The highest BCUT2D eigenvalue weighted by Crippen LogP contribution is 2.24. The van der Waals surface area contributed by atoms with Crippen molar-refractivity contribution in [3.05, 3.63) is 48.3 Å². The van der Waals surface area contributed by atoms with E-state index in [9.17, 15) is 0 Å². The molecule has 1 saturated carbocycles. The molecule has 1 aliphatic rings. The first-order valence-corrected chi connectivity index (χ1v) is 7.36. The molecule has 21 heavy (non-hydrogen) atoms. The van der Waals surface area contributed by atoms with Gasteiger partial charge in [-0.25, -0.2) is 4.68 Å². The monoisotopic (exact) mass is 283 g/mol. The molecule has 2 aromatic rings. The zero-order valence-corrected chi connectivity index (χ0v) is 12.3. The van der Waals surface area contributed by atoms with E-state index in [4.69, 9.17) is 5.73 Å². The van der Waals surface area contributed by atoms with Gasteiger partial charge < -0.3 is 10.6 Å². The van der Waals surface area contributed by atoms with Crippen molar-refractivity contribution in [2.45, 2.75) is 25.3 Å². The average molecular weight is 283 g/mol. The quantitative estimate of drug-likeness (QED) is 0.672. The topological polar surface area (TPSA) is 59.4 Å². The van der Waals surface area contributed by atoms with Crippen molar-refractivity contribution in [3.63, 3.8) is 0 Å². The maximum atomic E-state index is 5.97. The Morgan fingerprint density at radius 3 is 2.86 bits per heavy atom. The Morgan fingerprint density at radius 2 is 2.14 bits per heavy atom. The Kier molecular flexibility index (Phi) is 3.90. The summed E-state index contributed by atoms with van der Waals surface area (Å²) >= 11 is 0. The first-order valence-electron chi connectivity index (χ1n) is 7.36. The van der Waals surface area contributed by atoms with Gasteiger partial charge >= 0.3 is 0 Å². The molecule has 110 valence electrons. The summed E-state index contributed by atoms with van der Waals surface area (Å²) in [5.41, 5.74) is 8.21. The molecule has 0 unspecified atom stereocenters. The minimum Gasteiger partial charge on any atom is -0.370 e. The lowest BCUT2D eigenvalue weighted by atomic mass is 10.2. The fraction of sp³-hybridized carbons (Fsp3) is 0.375. The van der Waals surface area contributed by atoms with Crippen molar-refractivity contribution < 1.29 is 0 Å².